The van der Waals surface area contributed by atoms with E-state index in [-0.39, 0.29) is 16.5 Å². The number of carbonyl (C=O) groups is 3. The summed E-state index contributed by atoms with van der Waals surface area (Å²) in [6.07, 6.45) is 1.21. The van der Waals surface area contributed by atoms with E-state index in [0.29, 0.717) is 41.5 Å². The predicted octanol–water partition coefficient (Wildman–Crippen LogP) is 3.13. The summed E-state index contributed by atoms with van der Waals surface area (Å²) in [5, 5.41) is 22.9. The maximum absolute atomic E-state index is 13.6. The molecular weight excluding hydrogens is 486 g/mol. The Bertz CT molecular complexity index is 1440. The normalized spacial score (nSPS) is 15.6. The van der Waals surface area contributed by atoms with Crippen LogP contribution in [0.2, 0.25) is 0 Å². The molecule has 0 aliphatic carbocycles. The molecule has 36 heavy (non-hydrogen) atoms. The lowest BCUT2D eigenvalue weighted by Crippen LogP contribution is -2.37. The van der Waals surface area contributed by atoms with E-state index in [9.17, 15) is 33.0 Å². The highest BCUT2D eigenvalue weighted by Crippen LogP contribution is 2.39. The van der Waals surface area contributed by atoms with E-state index >= 15 is 0 Å². The zero-order valence-electron chi connectivity index (χ0n) is 19.4. The highest BCUT2D eigenvalue weighted by Gasteiger charge is 2.33. The van der Waals surface area contributed by atoms with Crippen molar-refractivity contribution in [2.45, 2.75) is 30.7 Å². The van der Waals surface area contributed by atoms with Crippen LogP contribution in [0, 0.1) is 0 Å². The van der Waals surface area contributed by atoms with Gasteiger partial charge in [-0.2, -0.15) is 0 Å². The summed E-state index contributed by atoms with van der Waals surface area (Å²) in [4.78, 5) is 36.4. The number of rotatable bonds is 8. The van der Waals surface area contributed by atoms with E-state index < -0.39 is 34.5 Å². The first-order chi connectivity index (χ1) is 17.1. The molecule has 1 atom stereocenters. The van der Waals surface area contributed by atoms with Gasteiger partial charge < -0.3 is 20.4 Å². The number of carboxylic acids is 2. The van der Waals surface area contributed by atoms with E-state index in [2.05, 4.69) is 5.32 Å². The molecule has 1 saturated heterocycles. The number of aliphatic carboxylic acids is 2. The molecule has 4 rings (SSSR count). The third-order valence-electron chi connectivity index (χ3n) is 6.04. The van der Waals surface area contributed by atoms with Gasteiger partial charge in [-0.25, -0.2) is 13.2 Å². The zero-order chi connectivity index (χ0) is 26.0. The van der Waals surface area contributed by atoms with Gasteiger partial charge in [0.1, 0.15) is 12.6 Å². The molecule has 0 saturated carbocycles. The van der Waals surface area contributed by atoms with Crippen molar-refractivity contribution >= 4 is 55.7 Å². The van der Waals surface area contributed by atoms with Crippen molar-refractivity contribution in [1.29, 1.82) is 0 Å². The van der Waals surface area contributed by atoms with Crippen LogP contribution in [0.1, 0.15) is 19.8 Å². The summed E-state index contributed by atoms with van der Waals surface area (Å²) in [7, 11) is -4.31. The van der Waals surface area contributed by atoms with Crippen molar-refractivity contribution in [3.8, 4) is 0 Å². The molecule has 3 aromatic rings. The molecule has 1 heterocycles. The van der Waals surface area contributed by atoms with Crippen molar-refractivity contribution in [2.24, 2.45) is 0 Å². The Labute approximate surface area is 207 Å². The van der Waals surface area contributed by atoms with Crippen LogP contribution in [-0.4, -0.2) is 55.6 Å². The van der Waals surface area contributed by atoms with Crippen molar-refractivity contribution in [3.05, 3.63) is 60.7 Å². The Morgan fingerprint density at radius 3 is 2.28 bits per heavy atom. The van der Waals surface area contributed by atoms with Crippen LogP contribution in [-0.2, 0) is 24.4 Å². The van der Waals surface area contributed by atoms with Crippen LogP contribution >= 0.6 is 0 Å². The van der Waals surface area contributed by atoms with Gasteiger partial charge in [-0.15, -0.1) is 0 Å². The third-order valence-corrected chi connectivity index (χ3v) is 7.81. The Morgan fingerprint density at radius 1 is 1.00 bits per heavy atom. The van der Waals surface area contributed by atoms with Crippen molar-refractivity contribution < 1.29 is 33.0 Å². The quantitative estimate of drug-likeness (QED) is 0.418. The molecule has 0 bridgehead atoms. The molecule has 0 radical (unpaired) electrons. The highest BCUT2D eigenvalue weighted by molar-refractivity contribution is 7.92. The first-order valence-corrected chi connectivity index (χ1v) is 12.7. The second-order valence-electron chi connectivity index (χ2n) is 8.45. The molecule has 188 valence electrons. The number of carbonyl (C=O) groups excluding carboxylic acids is 1. The summed E-state index contributed by atoms with van der Waals surface area (Å²) in [5.74, 6) is -2.58. The first kappa shape index (κ1) is 25.0. The van der Waals surface area contributed by atoms with Gasteiger partial charge in [0.15, 0.2) is 0 Å². The second kappa shape index (κ2) is 9.86. The largest absolute Gasteiger partial charge is 0.480 e. The summed E-state index contributed by atoms with van der Waals surface area (Å²) >= 11 is 0. The number of anilines is 3. The van der Waals surface area contributed by atoms with Gasteiger partial charge in [0, 0.05) is 35.6 Å². The zero-order valence-corrected chi connectivity index (χ0v) is 20.2. The average molecular weight is 512 g/mol. The van der Waals surface area contributed by atoms with E-state index in [0.717, 1.165) is 4.31 Å². The number of hydrogen-bond acceptors (Lipinski definition) is 6. The summed E-state index contributed by atoms with van der Waals surface area (Å²) in [6, 6.07) is 14.8. The van der Waals surface area contributed by atoms with Crippen LogP contribution in [0.4, 0.5) is 17.1 Å². The maximum Gasteiger partial charge on any atom is 0.326 e. The minimum absolute atomic E-state index is 0.142. The van der Waals surface area contributed by atoms with Gasteiger partial charge in [-0.1, -0.05) is 24.3 Å². The Morgan fingerprint density at radius 2 is 1.67 bits per heavy atom. The molecule has 3 aromatic carbocycles. The fourth-order valence-corrected chi connectivity index (χ4v) is 5.94. The fourth-order valence-electron chi connectivity index (χ4n) is 4.51. The molecule has 0 spiro atoms. The average Bonchev–Trinajstić information content (AvgIpc) is 3.32. The minimum atomic E-state index is -4.31. The van der Waals surface area contributed by atoms with Crippen molar-refractivity contribution in [3.63, 3.8) is 0 Å². The van der Waals surface area contributed by atoms with E-state index in [1.165, 1.54) is 37.3 Å². The molecule has 11 heteroatoms. The highest BCUT2D eigenvalue weighted by atomic mass is 32.2. The lowest BCUT2D eigenvalue weighted by atomic mass is 10.0. The van der Waals surface area contributed by atoms with E-state index in [1.54, 1.807) is 35.2 Å². The fraction of sp³-hybridized carbons (Fsp3) is 0.240. The van der Waals surface area contributed by atoms with Gasteiger partial charge in [-0.3, -0.25) is 13.9 Å². The van der Waals surface area contributed by atoms with Gasteiger partial charge >= 0.3 is 11.9 Å². The van der Waals surface area contributed by atoms with Crippen LogP contribution in [0.25, 0.3) is 10.8 Å². The van der Waals surface area contributed by atoms with Crippen LogP contribution < -0.4 is 14.5 Å². The van der Waals surface area contributed by atoms with E-state index in [1.807, 2.05) is 0 Å². The van der Waals surface area contributed by atoms with Crippen molar-refractivity contribution in [1.82, 2.24) is 0 Å². The maximum atomic E-state index is 13.6. The molecule has 1 amide bonds. The Hall–Kier alpha value is -4.12. The molecule has 1 aliphatic heterocycles. The van der Waals surface area contributed by atoms with Crippen LogP contribution in [0.3, 0.4) is 0 Å². The lowest BCUT2D eigenvalue weighted by molar-refractivity contribution is -0.138. The molecule has 1 fully saturated rings. The molecule has 3 N–H and O–H groups in total. The monoisotopic (exact) mass is 511 g/mol. The standard InChI is InChI=1S/C25H25N3O7S/c1-16(29)26-17-8-10-18(11-9-17)36(34,35)28(15-24(30)31)22-13-12-21(19-5-2-3-6-20(19)22)27-14-4-7-23(27)25(32)33/h2-3,5-6,8-13,23H,4,7,14-15H2,1H3,(H,26,29)(H,30,31)(H,32,33)/t23-/m0/s1. The van der Waals surface area contributed by atoms with Gasteiger partial charge in [-0.05, 0) is 49.2 Å². The Balaban J connectivity index is 1.83. The third kappa shape index (κ3) is 4.82. The topological polar surface area (TPSA) is 144 Å². The van der Waals surface area contributed by atoms with E-state index in [4.69, 9.17) is 0 Å². The van der Waals surface area contributed by atoms with Gasteiger partial charge in [0.2, 0.25) is 5.91 Å². The molecule has 0 aromatic heterocycles. The SMILES string of the molecule is CC(=O)Nc1ccc(S(=O)(=O)N(CC(=O)O)c2ccc(N3CCC[C@H]3C(=O)O)c3ccccc23)cc1. The lowest BCUT2D eigenvalue weighted by Gasteiger charge is -2.28. The number of amides is 1. The molecule has 1 aliphatic rings. The smallest absolute Gasteiger partial charge is 0.326 e. The number of benzene rings is 3. The Kier molecular flexibility index (Phi) is 6.84. The molecule has 10 nitrogen and oxygen atoms in total. The number of nitrogens with zero attached hydrogens (tertiary/aromatic N) is 2. The van der Waals surface area contributed by atoms with Gasteiger partial charge in [0.05, 0.1) is 10.6 Å². The van der Waals surface area contributed by atoms with Crippen LogP contribution in [0.15, 0.2) is 65.6 Å². The summed E-state index contributed by atoms with van der Waals surface area (Å²) in [6.45, 7) is 1.05. The summed E-state index contributed by atoms with van der Waals surface area (Å²) in [5.41, 5.74) is 1.21. The first-order valence-electron chi connectivity index (χ1n) is 11.2. The summed E-state index contributed by atoms with van der Waals surface area (Å²) < 4.78 is 28.1. The molecular formula is C25H25N3O7S. The molecule has 0 unspecified atom stereocenters. The van der Waals surface area contributed by atoms with Crippen molar-refractivity contribution in [2.75, 3.05) is 27.6 Å². The number of fused-ring (bicyclic) bond motifs is 1. The number of hydrogen-bond donors (Lipinski definition) is 3. The number of carboxylic acid groups (broad SMARTS) is 2. The number of sulfonamides is 1. The number of nitrogens with one attached hydrogen (secondary N) is 1. The minimum Gasteiger partial charge on any atom is -0.480 e. The van der Waals surface area contributed by atoms with Crippen LogP contribution in [0.5, 0.6) is 0 Å². The second-order valence-corrected chi connectivity index (χ2v) is 10.3. The van der Waals surface area contributed by atoms with Gasteiger partial charge in [0.25, 0.3) is 10.0 Å². The predicted molar refractivity (Wildman–Crippen MR) is 135 cm³/mol.